The van der Waals surface area contributed by atoms with Crippen molar-refractivity contribution in [3.8, 4) is 5.75 Å². The van der Waals surface area contributed by atoms with Gasteiger partial charge in [0.2, 0.25) is 0 Å². The molecule has 0 aliphatic carbocycles. The second kappa shape index (κ2) is 9.41. The molecule has 0 radical (unpaired) electrons. The van der Waals surface area contributed by atoms with Gasteiger partial charge in [-0.2, -0.15) is 0 Å². The molecule has 2 N–H and O–H groups in total. The highest BCUT2D eigenvalue weighted by molar-refractivity contribution is 14.1. The Morgan fingerprint density at radius 1 is 1.12 bits per heavy atom. The Hall–Kier alpha value is -2.09. The van der Waals surface area contributed by atoms with Gasteiger partial charge in [0.15, 0.2) is 6.61 Å². The molecule has 132 valence electrons. The maximum Gasteiger partial charge on any atom is 0.276 e. The zero-order chi connectivity index (χ0) is 18.2. The van der Waals surface area contributed by atoms with Gasteiger partial charge in [-0.05, 0) is 70.8 Å². The van der Waals surface area contributed by atoms with Crippen molar-refractivity contribution >= 4 is 34.4 Å². The third-order valence-electron chi connectivity index (χ3n) is 3.83. The number of benzene rings is 2. The van der Waals surface area contributed by atoms with Crippen LogP contribution >= 0.6 is 22.6 Å². The molecule has 6 heteroatoms. The van der Waals surface area contributed by atoms with E-state index in [-0.39, 0.29) is 12.5 Å². The molecule has 2 aromatic carbocycles. The van der Waals surface area contributed by atoms with Gasteiger partial charge in [0.05, 0.1) is 0 Å². The Balaban J connectivity index is 1.78. The van der Waals surface area contributed by atoms with E-state index < -0.39 is 5.91 Å². The van der Waals surface area contributed by atoms with Gasteiger partial charge in [-0.25, -0.2) is 0 Å². The first-order chi connectivity index (χ1) is 12.0. The van der Waals surface area contributed by atoms with Crippen molar-refractivity contribution in [3.63, 3.8) is 0 Å². The van der Waals surface area contributed by atoms with E-state index in [2.05, 4.69) is 47.3 Å². The van der Waals surface area contributed by atoms with Gasteiger partial charge in [-0.15, -0.1) is 0 Å². The number of carbonyl (C=O) groups excluding carboxylic acids is 2. The molecule has 2 aromatic rings. The Morgan fingerprint density at radius 2 is 1.84 bits per heavy atom. The van der Waals surface area contributed by atoms with Crippen LogP contribution in [0.1, 0.15) is 42.1 Å². The van der Waals surface area contributed by atoms with E-state index >= 15 is 0 Å². The largest absolute Gasteiger partial charge is 0.484 e. The van der Waals surface area contributed by atoms with Crippen molar-refractivity contribution in [3.05, 3.63) is 63.2 Å². The highest BCUT2D eigenvalue weighted by Crippen LogP contribution is 2.21. The van der Waals surface area contributed by atoms with Crippen molar-refractivity contribution in [2.45, 2.75) is 26.2 Å². The van der Waals surface area contributed by atoms with E-state index in [1.165, 1.54) is 5.56 Å². The average molecular weight is 452 g/mol. The predicted octanol–water partition coefficient (Wildman–Crippen LogP) is 3.64. The minimum absolute atomic E-state index is 0.171. The molecule has 1 atom stereocenters. The van der Waals surface area contributed by atoms with E-state index in [1.54, 1.807) is 18.2 Å². The highest BCUT2D eigenvalue weighted by atomic mass is 127. The van der Waals surface area contributed by atoms with Crippen LogP contribution in [-0.4, -0.2) is 18.4 Å². The van der Waals surface area contributed by atoms with Crippen LogP contribution in [0.15, 0.2) is 48.5 Å². The maximum atomic E-state index is 11.9. The number of amides is 2. The van der Waals surface area contributed by atoms with Crippen LogP contribution in [-0.2, 0) is 4.79 Å². The van der Waals surface area contributed by atoms with E-state index in [1.807, 2.05) is 30.3 Å². The fourth-order valence-electron chi connectivity index (χ4n) is 2.14. The van der Waals surface area contributed by atoms with Crippen molar-refractivity contribution in [1.82, 2.24) is 10.9 Å². The van der Waals surface area contributed by atoms with E-state index in [9.17, 15) is 9.59 Å². The second-order valence-electron chi connectivity index (χ2n) is 5.68. The molecule has 2 amide bonds. The second-order valence-corrected chi connectivity index (χ2v) is 6.93. The summed E-state index contributed by atoms with van der Waals surface area (Å²) in [4.78, 5) is 23.7. The lowest BCUT2D eigenvalue weighted by Crippen LogP contribution is -2.43. The van der Waals surface area contributed by atoms with Gasteiger partial charge >= 0.3 is 0 Å². The first-order valence-corrected chi connectivity index (χ1v) is 9.15. The molecule has 0 fully saturated rings. The molecule has 0 spiro atoms. The molecule has 1 unspecified atom stereocenters. The van der Waals surface area contributed by atoms with Crippen molar-refractivity contribution < 1.29 is 14.3 Å². The van der Waals surface area contributed by atoms with Gasteiger partial charge in [0.1, 0.15) is 5.75 Å². The molecule has 0 aliphatic rings. The van der Waals surface area contributed by atoms with E-state index in [0.717, 1.165) is 9.99 Å². The summed E-state index contributed by atoms with van der Waals surface area (Å²) in [6.07, 6.45) is 1.07. The van der Waals surface area contributed by atoms with Gasteiger partial charge in [0, 0.05) is 9.13 Å². The van der Waals surface area contributed by atoms with E-state index in [4.69, 9.17) is 4.74 Å². The SMILES string of the molecule is CCC(C)c1ccc(OCC(=O)NNC(=O)c2cccc(I)c2)cc1. The van der Waals surface area contributed by atoms with Crippen LogP contribution in [0.2, 0.25) is 0 Å². The maximum absolute atomic E-state index is 11.9. The summed E-state index contributed by atoms with van der Waals surface area (Å²) in [5.74, 6) is 0.314. The summed E-state index contributed by atoms with van der Waals surface area (Å²) in [6.45, 7) is 4.14. The number of ether oxygens (including phenoxy) is 1. The fraction of sp³-hybridized carbons (Fsp3) is 0.263. The van der Waals surface area contributed by atoms with Crippen LogP contribution < -0.4 is 15.6 Å². The van der Waals surface area contributed by atoms with Crippen LogP contribution in [0.4, 0.5) is 0 Å². The Labute approximate surface area is 161 Å². The number of rotatable bonds is 6. The summed E-state index contributed by atoms with van der Waals surface area (Å²) in [5.41, 5.74) is 6.44. The first kappa shape index (κ1) is 19.2. The molecule has 2 rings (SSSR count). The Kier molecular flexibility index (Phi) is 7.24. The molecule has 5 nitrogen and oxygen atoms in total. The van der Waals surface area contributed by atoms with Crippen molar-refractivity contribution in [2.24, 2.45) is 0 Å². The topological polar surface area (TPSA) is 67.4 Å². The number of hydrazine groups is 1. The number of carbonyl (C=O) groups is 2. The lowest BCUT2D eigenvalue weighted by atomic mass is 9.99. The molecule has 0 bridgehead atoms. The van der Waals surface area contributed by atoms with Crippen LogP contribution in [0.5, 0.6) is 5.75 Å². The van der Waals surface area contributed by atoms with Gasteiger partial charge in [0.25, 0.3) is 11.8 Å². The average Bonchev–Trinajstić information content (AvgIpc) is 2.64. The minimum atomic E-state index is -0.426. The van der Waals surface area contributed by atoms with Crippen LogP contribution in [0.3, 0.4) is 0 Å². The smallest absolute Gasteiger partial charge is 0.276 e. The molecule has 0 saturated heterocycles. The van der Waals surface area contributed by atoms with Gasteiger partial charge < -0.3 is 4.74 Å². The Morgan fingerprint density at radius 3 is 2.48 bits per heavy atom. The van der Waals surface area contributed by atoms with Crippen LogP contribution in [0, 0.1) is 3.57 Å². The molecule has 25 heavy (non-hydrogen) atoms. The van der Waals surface area contributed by atoms with Crippen LogP contribution in [0.25, 0.3) is 0 Å². The minimum Gasteiger partial charge on any atom is -0.484 e. The summed E-state index contributed by atoms with van der Waals surface area (Å²) < 4.78 is 6.37. The lowest BCUT2D eigenvalue weighted by molar-refractivity contribution is -0.123. The zero-order valence-electron chi connectivity index (χ0n) is 14.2. The van der Waals surface area contributed by atoms with Crippen molar-refractivity contribution in [2.75, 3.05) is 6.61 Å². The number of halogens is 1. The van der Waals surface area contributed by atoms with E-state index in [0.29, 0.717) is 17.2 Å². The summed E-state index contributed by atoms with van der Waals surface area (Å²) in [6, 6.07) is 14.8. The summed E-state index contributed by atoms with van der Waals surface area (Å²) in [5, 5.41) is 0. The van der Waals surface area contributed by atoms with Gasteiger partial charge in [-0.3, -0.25) is 20.4 Å². The number of nitrogens with one attached hydrogen (secondary N) is 2. The fourth-order valence-corrected chi connectivity index (χ4v) is 2.68. The Bertz CT molecular complexity index is 732. The lowest BCUT2D eigenvalue weighted by Gasteiger charge is -2.11. The summed E-state index contributed by atoms with van der Waals surface area (Å²) in [7, 11) is 0. The predicted molar refractivity (Wildman–Crippen MR) is 105 cm³/mol. The highest BCUT2D eigenvalue weighted by Gasteiger charge is 2.08. The molecular weight excluding hydrogens is 431 g/mol. The quantitative estimate of drug-likeness (QED) is 0.520. The summed E-state index contributed by atoms with van der Waals surface area (Å²) >= 11 is 2.12. The molecule has 0 heterocycles. The molecule has 0 aromatic heterocycles. The molecule has 0 aliphatic heterocycles. The number of hydrogen-bond acceptors (Lipinski definition) is 3. The standard InChI is InChI=1S/C19H21IN2O3/c1-3-13(2)14-7-9-17(10-8-14)25-12-18(23)21-22-19(24)15-5-4-6-16(20)11-15/h4-11,13H,3,12H2,1-2H3,(H,21,23)(H,22,24). The third-order valence-corrected chi connectivity index (χ3v) is 4.50. The third kappa shape index (κ3) is 6.04. The number of hydrogen-bond donors (Lipinski definition) is 2. The molecular formula is C19H21IN2O3. The zero-order valence-corrected chi connectivity index (χ0v) is 16.4. The van der Waals surface area contributed by atoms with Crippen molar-refractivity contribution in [1.29, 1.82) is 0 Å². The monoisotopic (exact) mass is 452 g/mol. The van der Waals surface area contributed by atoms with Gasteiger partial charge in [-0.1, -0.05) is 32.0 Å². The normalized spacial score (nSPS) is 11.5. The molecule has 0 saturated carbocycles. The first-order valence-electron chi connectivity index (χ1n) is 8.07.